The van der Waals surface area contributed by atoms with Crippen molar-refractivity contribution in [3.05, 3.63) is 58.2 Å². The number of nitrogens with one attached hydrogen (secondary N) is 2. The number of nitrogens with zero attached hydrogens (tertiary/aromatic N) is 2. The zero-order chi connectivity index (χ0) is 17.8. The number of anilines is 2. The summed E-state index contributed by atoms with van der Waals surface area (Å²) < 4.78 is 1.08. The molecule has 0 radical (unpaired) electrons. The van der Waals surface area contributed by atoms with Gasteiger partial charge in [-0.15, -0.1) is 0 Å². The molecule has 2 heterocycles. The largest absolute Gasteiger partial charge is 0.368 e. The number of halogens is 1. The van der Waals surface area contributed by atoms with Gasteiger partial charge in [-0.3, -0.25) is 0 Å². The Morgan fingerprint density at radius 2 is 1.84 bits per heavy atom. The molecular formula is C20H23BrN4. The van der Waals surface area contributed by atoms with Crippen molar-refractivity contribution < 1.29 is 0 Å². The Bertz CT molecular complexity index is 859. The van der Waals surface area contributed by atoms with E-state index in [4.69, 9.17) is 4.98 Å². The summed E-state index contributed by atoms with van der Waals surface area (Å²) in [5, 5.41) is 7.96. The van der Waals surface area contributed by atoms with Crippen molar-refractivity contribution in [3.8, 4) is 0 Å². The molecule has 3 aromatic rings. The fourth-order valence-corrected chi connectivity index (χ4v) is 3.07. The molecule has 0 aliphatic carbocycles. The number of benzene rings is 1. The van der Waals surface area contributed by atoms with E-state index in [9.17, 15) is 0 Å². The fourth-order valence-electron chi connectivity index (χ4n) is 2.69. The molecule has 1 aromatic carbocycles. The van der Waals surface area contributed by atoms with Gasteiger partial charge in [0.2, 0.25) is 0 Å². The lowest BCUT2D eigenvalue weighted by Crippen LogP contribution is -2.16. The van der Waals surface area contributed by atoms with Crippen LogP contribution in [0.4, 0.5) is 11.6 Å². The first-order valence-electron chi connectivity index (χ1n) is 8.53. The summed E-state index contributed by atoms with van der Waals surface area (Å²) >= 11 is 3.53. The molecule has 25 heavy (non-hydrogen) atoms. The van der Waals surface area contributed by atoms with E-state index in [0.717, 1.165) is 45.7 Å². The Balaban J connectivity index is 1.70. The van der Waals surface area contributed by atoms with Gasteiger partial charge < -0.3 is 10.6 Å². The molecule has 3 rings (SSSR count). The van der Waals surface area contributed by atoms with Crippen LogP contribution in [0.3, 0.4) is 0 Å². The van der Waals surface area contributed by atoms with Crippen LogP contribution in [-0.4, -0.2) is 23.1 Å². The maximum absolute atomic E-state index is 4.82. The predicted molar refractivity (Wildman–Crippen MR) is 109 cm³/mol. The Hall–Kier alpha value is -2.14. The summed E-state index contributed by atoms with van der Waals surface area (Å²) in [7, 11) is 0. The fraction of sp³-hybridized carbons (Fsp3) is 0.300. The van der Waals surface area contributed by atoms with Crippen molar-refractivity contribution in [1.82, 2.24) is 9.97 Å². The van der Waals surface area contributed by atoms with Crippen molar-refractivity contribution in [1.29, 1.82) is 0 Å². The van der Waals surface area contributed by atoms with Gasteiger partial charge in [0.15, 0.2) is 0 Å². The second-order valence-corrected chi connectivity index (χ2v) is 7.41. The minimum Gasteiger partial charge on any atom is -0.368 e. The van der Waals surface area contributed by atoms with Crippen LogP contribution >= 0.6 is 15.9 Å². The average Bonchev–Trinajstić information content (AvgIpc) is 2.59. The zero-order valence-corrected chi connectivity index (χ0v) is 16.4. The summed E-state index contributed by atoms with van der Waals surface area (Å²) in [6, 6.07) is 12.5. The smallest absolute Gasteiger partial charge is 0.130 e. The van der Waals surface area contributed by atoms with Crippen LogP contribution in [0.25, 0.3) is 10.9 Å². The first-order chi connectivity index (χ1) is 12.0. The highest BCUT2D eigenvalue weighted by Crippen LogP contribution is 2.28. The minimum atomic E-state index is 0.408. The van der Waals surface area contributed by atoms with E-state index >= 15 is 0 Å². The third kappa shape index (κ3) is 4.48. The second kappa shape index (κ2) is 7.83. The van der Waals surface area contributed by atoms with E-state index in [1.54, 1.807) is 0 Å². The van der Waals surface area contributed by atoms with Crippen molar-refractivity contribution in [2.45, 2.75) is 26.7 Å². The summed E-state index contributed by atoms with van der Waals surface area (Å²) in [5.41, 5.74) is 3.40. The summed E-state index contributed by atoms with van der Waals surface area (Å²) in [6.45, 7) is 7.99. The summed E-state index contributed by atoms with van der Waals surface area (Å²) in [6.07, 6.45) is 1.87. The van der Waals surface area contributed by atoms with E-state index in [0.29, 0.717) is 5.92 Å². The molecule has 0 spiro atoms. The molecule has 0 saturated carbocycles. The van der Waals surface area contributed by atoms with Crippen LogP contribution in [0.5, 0.6) is 0 Å². The van der Waals surface area contributed by atoms with Crippen LogP contribution in [0.2, 0.25) is 0 Å². The highest BCUT2D eigenvalue weighted by atomic mass is 79.9. The first-order valence-corrected chi connectivity index (χ1v) is 9.33. The Labute approximate surface area is 157 Å². The number of hydrogen-bond acceptors (Lipinski definition) is 4. The number of aryl methyl sites for hydroxylation is 1. The van der Waals surface area contributed by atoms with E-state index < -0.39 is 0 Å². The monoisotopic (exact) mass is 398 g/mol. The summed E-state index contributed by atoms with van der Waals surface area (Å²) in [4.78, 5) is 9.18. The van der Waals surface area contributed by atoms with Gasteiger partial charge in [-0.2, -0.15) is 0 Å². The van der Waals surface area contributed by atoms with Crippen LogP contribution in [0.1, 0.15) is 30.9 Å². The van der Waals surface area contributed by atoms with Gasteiger partial charge in [0, 0.05) is 29.1 Å². The Morgan fingerprint density at radius 3 is 2.56 bits per heavy atom. The molecule has 0 aliphatic rings. The van der Waals surface area contributed by atoms with Crippen molar-refractivity contribution in [3.63, 3.8) is 0 Å². The lowest BCUT2D eigenvalue weighted by Gasteiger charge is -2.15. The molecular weight excluding hydrogens is 376 g/mol. The van der Waals surface area contributed by atoms with Crippen LogP contribution in [0.15, 0.2) is 47.1 Å². The average molecular weight is 399 g/mol. The summed E-state index contributed by atoms with van der Waals surface area (Å²) in [5.74, 6) is 2.27. The van der Waals surface area contributed by atoms with Crippen molar-refractivity contribution in [2.75, 3.05) is 23.7 Å². The lowest BCUT2D eigenvalue weighted by atomic mass is 10.0. The number of rotatable bonds is 6. The molecule has 0 atom stereocenters. The molecule has 0 bridgehead atoms. The standard InChI is InChI=1S/C20H23BrN4/c1-13(2)17-11-15-10-16(21)5-6-18(15)25-20(17)23-9-8-22-19-7-4-14(3)12-24-19/h4-7,10-13H,8-9H2,1-3H3,(H,22,24)(H,23,25). The Morgan fingerprint density at radius 1 is 1.04 bits per heavy atom. The topological polar surface area (TPSA) is 49.8 Å². The highest BCUT2D eigenvalue weighted by Gasteiger charge is 2.10. The molecule has 130 valence electrons. The van der Waals surface area contributed by atoms with E-state index in [2.05, 4.69) is 63.6 Å². The van der Waals surface area contributed by atoms with Gasteiger partial charge in [-0.1, -0.05) is 35.8 Å². The molecule has 4 nitrogen and oxygen atoms in total. The molecule has 5 heteroatoms. The van der Waals surface area contributed by atoms with Gasteiger partial charge in [-0.25, -0.2) is 9.97 Å². The van der Waals surface area contributed by atoms with E-state index in [1.165, 1.54) is 5.56 Å². The highest BCUT2D eigenvalue weighted by molar-refractivity contribution is 9.10. The molecule has 0 fully saturated rings. The van der Waals surface area contributed by atoms with Gasteiger partial charge in [0.25, 0.3) is 0 Å². The van der Waals surface area contributed by atoms with Crippen LogP contribution < -0.4 is 10.6 Å². The number of pyridine rings is 2. The molecule has 2 aromatic heterocycles. The van der Waals surface area contributed by atoms with E-state index in [-0.39, 0.29) is 0 Å². The molecule has 0 saturated heterocycles. The third-order valence-corrected chi connectivity index (χ3v) is 4.56. The van der Waals surface area contributed by atoms with Gasteiger partial charge in [-0.05, 0) is 54.3 Å². The van der Waals surface area contributed by atoms with Gasteiger partial charge in [0.05, 0.1) is 5.52 Å². The minimum absolute atomic E-state index is 0.408. The third-order valence-electron chi connectivity index (χ3n) is 4.06. The predicted octanol–water partition coefficient (Wildman–Crippen LogP) is 5.35. The van der Waals surface area contributed by atoms with E-state index in [1.807, 2.05) is 31.3 Å². The zero-order valence-electron chi connectivity index (χ0n) is 14.8. The van der Waals surface area contributed by atoms with Crippen molar-refractivity contribution >= 4 is 38.5 Å². The molecule has 2 N–H and O–H groups in total. The Kier molecular flexibility index (Phi) is 5.53. The number of aromatic nitrogens is 2. The second-order valence-electron chi connectivity index (χ2n) is 6.49. The van der Waals surface area contributed by atoms with Crippen molar-refractivity contribution in [2.24, 2.45) is 0 Å². The number of hydrogen-bond donors (Lipinski definition) is 2. The normalized spacial score (nSPS) is 11.1. The van der Waals surface area contributed by atoms with Gasteiger partial charge in [0.1, 0.15) is 11.6 Å². The first kappa shape index (κ1) is 17.7. The van der Waals surface area contributed by atoms with Crippen LogP contribution in [0, 0.1) is 6.92 Å². The van der Waals surface area contributed by atoms with Crippen LogP contribution in [-0.2, 0) is 0 Å². The molecule has 0 unspecified atom stereocenters. The quantitative estimate of drug-likeness (QED) is 0.549. The number of fused-ring (bicyclic) bond motifs is 1. The molecule has 0 aliphatic heterocycles. The maximum atomic E-state index is 4.82. The van der Waals surface area contributed by atoms with Gasteiger partial charge >= 0.3 is 0 Å². The maximum Gasteiger partial charge on any atom is 0.130 e. The molecule has 0 amide bonds. The SMILES string of the molecule is Cc1ccc(NCCNc2nc3ccc(Br)cc3cc2C(C)C)nc1. The lowest BCUT2D eigenvalue weighted by molar-refractivity contribution is 0.860.